The van der Waals surface area contributed by atoms with E-state index in [0.717, 1.165) is 18.2 Å². The van der Waals surface area contributed by atoms with Gasteiger partial charge in [-0.2, -0.15) is 0 Å². The van der Waals surface area contributed by atoms with E-state index in [1.807, 2.05) is 5.32 Å². The Hall–Kier alpha value is -2.93. The fourth-order valence-electron chi connectivity index (χ4n) is 2.77. The van der Waals surface area contributed by atoms with Gasteiger partial charge in [-0.3, -0.25) is 10.6 Å². The highest BCUT2D eigenvalue weighted by molar-refractivity contribution is 6.30. The molecular weight excluding hydrogens is 427 g/mol. The summed E-state index contributed by atoms with van der Waals surface area (Å²) < 4.78 is 42.8. The maximum atomic E-state index is 14.6. The summed E-state index contributed by atoms with van der Waals surface area (Å²) in [6, 6.07) is 4.37. The van der Waals surface area contributed by atoms with Gasteiger partial charge < -0.3 is 22.1 Å². The van der Waals surface area contributed by atoms with Crippen LogP contribution in [0.25, 0.3) is 0 Å². The van der Waals surface area contributed by atoms with Crippen LogP contribution in [0.5, 0.6) is 0 Å². The number of alkyl halides is 2. The minimum absolute atomic E-state index is 0.0185. The SMILES string of the molecule is NN[C@@H](N)C[C@@](NC(N)=O)(c1cc(NC(=O)c2ccc(Cl)cn2)ccc1F)C(F)F. The number of hydrogen-bond donors (Lipinski definition) is 6. The van der Waals surface area contributed by atoms with Crippen LogP contribution in [0, 0.1) is 5.82 Å². The molecule has 2 aromatic rings. The van der Waals surface area contributed by atoms with Gasteiger partial charge >= 0.3 is 6.03 Å². The highest BCUT2D eigenvalue weighted by atomic mass is 35.5. The van der Waals surface area contributed by atoms with Gasteiger partial charge in [0.25, 0.3) is 12.3 Å². The Balaban J connectivity index is 2.47. The summed E-state index contributed by atoms with van der Waals surface area (Å²) in [7, 11) is 0. The highest BCUT2D eigenvalue weighted by Crippen LogP contribution is 2.36. The summed E-state index contributed by atoms with van der Waals surface area (Å²) in [5, 5.41) is 4.58. The smallest absolute Gasteiger partial charge is 0.313 e. The van der Waals surface area contributed by atoms with E-state index in [4.69, 9.17) is 28.9 Å². The van der Waals surface area contributed by atoms with Crippen LogP contribution in [0.1, 0.15) is 22.5 Å². The van der Waals surface area contributed by atoms with Gasteiger partial charge in [-0.25, -0.2) is 28.4 Å². The molecule has 0 bridgehead atoms. The van der Waals surface area contributed by atoms with Crippen LogP contribution in [-0.2, 0) is 5.54 Å². The van der Waals surface area contributed by atoms with Crippen molar-refractivity contribution in [3.8, 4) is 0 Å². The number of halogens is 4. The normalized spacial score (nSPS) is 14.1. The van der Waals surface area contributed by atoms with Crippen molar-refractivity contribution in [1.29, 1.82) is 0 Å². The van der Waals surface area contributed by atoms with Crippen LogP contribution in [0.15, 0.2) is 36.5 Å². The van der Waals surface area contributed by atoms with Crippen molar-refractivity contribution in [2.24, 2.45) is 17.3 Å². The maximum absolute atomic E-state index is 14.6. The third-order valence-corrected chi connectivity index (χ3v) is 4.36. The van der Waals surface area contributed by atoms with Gasteiger partial charge in [0.15, 0.2) is 0 Å². The standard InChI is InChI=1S/C17H19ClF3N7O2/c18-8-1-4-12(25-7-8)14(29)26-9-2-3-11(19)10(5-9)17(15(20)21,27-16(23)30)6-13(22)28-24/h1-5,7,13,15,28H,6,22,24H2,(H,26,29)(H3,23,27,30)/t13-,17-/m1/s1. The lowest BCUT2D eigenvalue weighted by molar-refractivity contribution is 0.0207. The first-order valence-corrected chi connectivity index (χ1v) is 8.77. The van der Waals surface area contributed by atoms with E-state index in [1.54, 1.807) is 0 Å². The summed E-state index contributed by atoms with van der Waals surface area (Å²) in [5.74, 6) is 3.38. The average molecular weight is 446 g/mol. The fraction of sp³-hybridized carbons (Fsp3) is 0.235. The predicted octanol–water partition coefficient (Wildman–Crippen LogP) is 1.39. The number of primary amides is 1. The third kappa shape index (κ3) is 5.36. The number of pyridine rings is 1. The molecule has 0 saturated heterocycles. The lowest BCUT2D eigenvalue weighted by atomic mass is 9.85. The minimum Gasteiger partial charge on any atom is -0.352 e. The number of nitrogens with one attached hydrogen (secondary N) is 3. The highest BCUT2D eigenvalue weighted by Gasteiger charge is 2.46. The number of carbonyl (C=O) groups is 2. The molecule has 0 radical (unpaired) electrons. The molecule has 3 amide bonds. The maximum Gasteiger partial charge on any atom is 0.313 e. The number of urea groups is 1. The number of rotatable bonds is 8. The second kappa shape index (κ2) is 9.71. The van der Waals surface area contributed by atoms with Crippen molar-refractivity contribution in [2.45, 2.75) is 24.6 Å². The molecule has 0 aliphatic heterocycles. The lowest BCUT2D eigenvalue weighted by Crippen LogP contribution is -2.58. The molecule has 1 heterocycles. The first-order valence-electron chi connectivity index (χ1n) is 8.39. The molecule has 1 aromatic heterocycles. The number of benzene rings is 1. The van der Waals surface area contributed by atoms with Crippen molar-refractivity contribution in [1.82, 2.24) is 15.7 Å². The first-order chi connectivity index (χ1) is 14.1. The van der Waals surface area contributed by atoms with Gasteiger partial charge in [0, 0.05) is 23.9 Å². The van der Waals surface area contributed by atoms with E-state index in [9.17, 15) is 22.8 Å². The van der Waals surface area contributed by atoms with Gasteiger partial charge in [-0.15, -0.1) is 0 Å². The van der Waals surface area contributed by atoms with Gasteiger partial charge in [0.2, 0.25) is 0 Å². The zero-order valence-corrected chi connectivity index (χ0v) is 16.1. The quantitative estimate of drug-likeness (QED) is 0.204. The fourth-order valence-corrected chi connectivity index (χ4v) is 2.88. The number of nitrogens with two attached hydrogens (primary N) is 3. The second-order valence-corrected chi connectivity index (χ2v) is 6.69. The molecule has 0 aliphatic carbocycles. The zero-order valence-electron chi connectivity index (χ0n) is 15.3. The van der Waals surface area contributed by atoms with E-state index < -0.39 is 47.9 Å². The summed E-state index contributed by atoms with van der Waals surface area (Å²) >= 11 is 5.71. The summed E-state index contributed by atoms with van der Waals surface area (Å²) in [6.07, 6.45) is -4.05. The lowest BCUT2D eigenvalue weighted by Gasteiger charge is -2.36. The molecule has 9 nitrogen and oxygen atoms in total. The molecular formula is C17H19ClF3N7O2. The molecule has 162 valence electrons. The van der Waals surface area contributed by atoms with Gasteiger partial charge in [0.05, 0.1) is 11.2 Å². The van der Waals surface area contributed by atoms with Gasteiger partial charge in [0.1, 0.15) is 17.1 Å². The van der Waals surface area contributed by atoms with Gasteiger partial charge in [-0.05, 0) is 30.3 Å². The number of aromatic nitrogens is 1. The topological polar surface area (TPSA) is 161 Å². The van der Waals surface area contributed by atoms with Crippen LogP contribution in [0.4, 0.5) is 23.7 Å². The molecule has 2 rings (SSSR count). The average Bonchev–Trinajstić information content (AvgIpc) is 2.68. The van der Waals surface area contributed by atoms with Crippen molar-refractivity contribution >= 4 is 29.2 Å². The second-order valence-electron chi connectivity index (χ2n) is 6.25. The molecule has 0 spiro atoms. The Labute approximate surface area is 174 Å². The van der Waals surface area contributed by atoms with Crippen molar-refractivity contribution < 1.29 is 22.8 Å². The van der Waals surface area contributed by atoms with E-state index >= 15 is 0 Å². The Morgan fingerprint density at radius 3 is 2.47 bits per heavy atom. The third-order valence-electron chi connectivity index (χ3n) is 4.14. The van der Waals surface area contributed by atoms with Crippen molar-refractivity contribution in [2.75, 3.05) is 5.32 Å². The Kier molecular flexibility index (Phi) is 7.56. The Bertz CT molecular complexity index is 917. The summed E-state index contributed by atoms with van der Waals surface area (Å²) in [4.78, 5) is 27.6. The summed E-state index contributed by atoms with van der Waals surface area (Å²) in [6.45, 7) is 0. The number of nitrogens with zero attached hydrogens (tertiary/aromatic N) is 1. The minimum atomic E-state index is -3.33. The number of carbonyl (C=O) groups excluding carboxylic acids is 2. The molecule has 9 N–H and O–H groups in total. The van der Waals surface area contributed by atoms with Crippen LogP contribution in [0.3, 0.4) is 0 Å². The first kappa shape index (κ1) is 23.3. The molecule has 0 aliphatic rings. The number of hydrazine groups is 1. The Morgan fingerprint density at radius 1 is 1.23 bits per heavy atom. The Morgan fingerprint density at radius 2 is 1.93 bits per heavy atom. The van der Waals surface area contributed by atoms with Crippen molar-refractivity contribution in [3.63, 3.8) is 0 Å². The molecule has 30 heavy (non-hydrogen) atoms. The van der Waals surface area contributed by atoms with E-state index in [1.165, 1.54) is 18.3 Å². The molecule has 0 unspecified atom stereocenters. The largest absolute Gasteiger partial charge is 0.352 e. The molecule has 0 saturated carbocycles. The molecule has 1 aromatic carbocycles. The number of anilines is 1. The van der Waals surface area contributed by atoms with E-state index in [0.29, 0.717) is 5.02 Å². The van der Waals surface area contributed by atoms with Crippen LogP contribution < -0.4 is 33.4 Å². The number of amides is 3. The predicted molar refractivity (Wildman–Crippen MR) is 104 cm³/mol. The monoisotopic (exact) mass is 445 g/mol. The van der Waals surface area contributed by atoms with Crippen molar-refractivity contribution in [3.05, 3.63) is 58.6 Å². The molecule has 0 fully saturated rings. The van der Waals surface area contributed by atoms with Crippen LogP contribution >= 0.6 is 11.6 Å². The van der Waals surface area contributed by atoms with Crippen LogP contribution in [-0.4, -0.2) is 29.5 Å². The van der Waals surface area contributed by atoms with E-state index in [-0.39, 0.29) is 11.4 Å². The summed E-state index contributed by atoms with van der Waals surface area (Å²) in [5.41, 5.74) is 9.35. The zero-order chi connectivity index (χ0) is 22.5. The van der Waals surface area contributed by atoms with Crippen LogP contribution in [0.2, 0.25) is 5.02 Å². The van der Waals surface area contributed by atoms with Gasteiger partial charge in [-0.1, -0.05) is 11.6 Å². The molecule has 13 heteroatoms. The van der Waals surface area contributed by atoms with E-state index in [2.05, 4.69) is 15.7 Å². The molecule has 2 atom stereocenters. The number of hydrogen-bond acceptors (Lipinski definition) is 6.